The fourth-order valence-electron chi connectivity index (χ4n) is 3.83. The highest BCUT2D eigenvalue weighted by Gasteiger charge is 2.25. The molecule has 2 aromatic carbocycles. The Kier molecular flexibility index (Phi) is 6.89. The molecule has 1 aliphatic heterocycles. The van der Waals surface area contributed by atoms with Crippen LogP contribution < -0.4 is 11.1 Å². The molecule has 1 aromatic heterocycles. The summed E-state index contributed by atoms with van der Waals surface area (Å²) in [6, 6.07) is 15.6. The van der Waals surface area contributed by atoms with Gasteiger partial charge in [0.15, 0.2) is 0 Å². The largest absolute Gasteiger partial charge is 0.394 e. The summed E-state index contributed by atoms with van der Waals surface area (Å²) in [5.41, 5.74) is 9.07. The van der Waals surface area contributed by atoms with E-state index in [1.165, 1.54) is 18.2 Å². The van der Waals surface area contributed by atoms with Crippen molar-refractivity contribution >= 4 is 23.1 Å². The van der Waals surface area contributed by atoms with E-state index in [1.54, 1.807) is 42.6 Å². The molecule has 8 heteroatoms. The summed E-state index contributed by atoms with van der Waals surface area (Å²) in [4.78, 5) is 34.2. The predicted octanol–water partition coefficient (Wildman–Crippen LogP) is 2.54. The second-order valence-corrected chi connectivity index (χ2v) is 7.85. The van der Waals surface area contributed by atoms with Crippen LogP contribution in [-0.4, -0.2) is 46.8 Å². The molecule has 1 atom stereocenters. The van der Waals surface area contributed by atoms with Crippen LogP contribution in [0.3, 0.4) is 0 Å². The molecule has 172 valence electrons. The molecule has 2 amide bonds. The van der Waals surface area contributed by atoms with Crippen molar-refractivity contribution < 1.29 is 19.1 Å². The first kappa shape index (κ1) is 23.0. The van der Waals surface area contributed by atoms with Gasteiger partial charge in [-0.3, -0.25) is 19.6 Å². The molecule has 0 saturated carbocycles. The van der Waals surface area contributed by atoms with Crippen LogP contribution in [-0.2, 0) is 6.42 Å². The van der Waals surface area contributed by atoms with Gasteiger partial charge in [0.1, 0.15) is 5.82 Å². The van der Waals surface area contributed by atoms with E-state index < -0.39 is 17.9 Å². The van der Waals surface area contributed by atoms with E-state index in [0.717, 1.165) is 16.8 Å². The van der Waals surface area contributed by atoms with Crippen LogP contribution in [0.25, 0.3) is 5.57 Å². The zero-order valence-corrected chi connectivity index (χ0v) is 18.2. The summed E-state index contributed by atoms with van der Waals surface area (Å²) in [6.45, 7) is 0.0246. The van der Waals surface area contributed by atoms with Gasteiger partial charge in [-0.05, 0) is 53.6 Å². The number of aromatic nitrogens is 1. The smallest absolute Gasteiger partial charge is 0.252 e. The Morgan fingerprint density at radius 3 is 2.50 bits per heavy atom. The van der Waals surface area contributed by atoms with Gasteiger partial charge in [0, 0.05) is 35.0 Å². The normalized spacial score (nSPS) is 13.7. The molecule has 34 heavy (non-hydrogen) atoms. The lowest BCUT2D eigenvalue weighted by molar-refractivity contribution is 0.0916. The number of primary amides is 1. The van der Waals surface area contributed by atoms with E-state index in [9.17, 15) is 19.1 Å². The lowest BCUT2D eigenvalue weighted by Crippen LogP contribution is -2.40. The zero-order valence-electron chi connectivity index (χ0n) is 18.2. The highest BCUT2D eigenvalue weighted by atomic mass is 19.1. The van der Waals surface area contributed by atoms with Crippen LogP contribution in [0.15, 0.2) is 77.9 Å². The zero-order chi connectivity index (χ0) is 24.1. The Bertz CT molecular complexity index is 1270. The summed E-state index contributed by atoms with van der Waals surface area (Å²) in [7, 11) is 0. The number of nitrogens with zero attached hydrogens (tertiary/aromatic N) is 2. The number of carbonyl (C=O) groups excluding carboxylic acids is 2. The maximum absolute atomic E-state index is 13.3. The van der Waals surface area contributed by atoms with E-state index in [1.807, 2.05) is 12.1 Å². The number of carbonyl (C=O) groups is 2. The average molecular weight is 458 g/mol. The van der Waals surface area contributed by atoms with Crippen LogP contribution in [0.1, 0.15) is 37.5 Å². The molecule has 0 unspecified atom stereocenters. The number of allylic oxidation sites excluding steroid dienone is 1. The van der Waals surface area contributed by atoms with Crippen molar-refractivity contribution in [3.8, 4) is 0 Å². The maximum Gasteiger partial charge on any atom is 0.252 e. The van der Waals surface area contributed by atoms with Crippen LogP contribution in [0, 0.1) is 5.82 Å². The minimum absolute atomic E-state index is 0.160. The number of benzene rings is 2. The molecule has 0 spiro atoms. The number of halogens is 1. The van der Waals surface area contributed by atoms with E-state index >= 15 is 0 Å². The van der Waals surface area contributed by atoms with Crippen LogP contribution in [0.5, 0.6) is 0 Å². The highest BCUT2D eigenvalue weighted by molar-refractivity contribution is 6.23. The molecule has 3 aromatic rings. The maximum atomic E-state index is 13.3. The van der Waals surface area contributed by atoms with Crippen molar-refractivity contribution in [1.29, 1.82) is 0 Å². The fourth-order valence-corrected chi connectivity index (χ4v) is 3.83. The predicted molar refractivity (Wildman–Crippen MR) is 127 cm³/mol. The number of pyridine rings is 1. The van der Waals surface area contributed by atoms with E-state index in [4.69, 9.17) is 5.73 Å². The molecule has 2 heterocycles. The van der Waals surface area contributed by atoms with E-state index in [-0.39, 0.29) is 23.6 Å². The molecule has 0 radical (unpaired) electrons. The molecule has 0 saturated heterocycles. The van der Waals surface area contributed by atoms with Gasteiger partial charge in [-0.15, -0.1) is 0 Å². The molecule has 0 aliphatic carbocycles. The van der Waals surface area contributed by atoms with Crippen molar-refractivity contribution in [3.05, 3.63) is 107 Å². The lowest BCUT2D eigenvalue weighted by Gasteiger charge is -2.18. The number of hydrogen-bond acceptors (Lipinski definition) is 5. The van der Waals surface area contributed by atoms with Crippen molar-refractivity contribution in [2.45, 2.75) is 12.5 Å². The van der Waals surface area contributed by atoms with Gasteiger partial charge in [-0.2, -0.15) is 0 Å². The molecule has 0 fully saturated rings. The SMILES string of the molecule is NC(=O)c1cccc(C(=O)N[C@@H](CO)Cc2ccccn2)c1C1=NCC(c2ccc(F)cc2)=C1. The number of aliphatic hydroxyl groups is 1. The quantitative estimate of drug-likeness (QED) is 0.481. The number of nitrogens with one attached hydrogen (secondary N) is 1. The summed E-state index contributed by atoms with van der Waals surface area (Å²) in [5.74, 6) is -1.51. The molecule has 4 N–H and O–H groups in total. The van der Waals surface area contributed by atoms with Gasteiger partial charge in [0.25, 0.3) is 5.91 Å². The number of aliphatic imine (C=N–C) groups is 1. The number of nitrogens with two attached hydrogens (primary N) is 1. The Hall–Kier alpha value is -4.17. The van der Waals surface area contributed by atoms with Crippen molar-refractivity contribution in [1.82, 2.24) is 10.3 Å². The third-order valence-electron chi connectivity index (χ3n) is 5.51. The Morgan fingerprint density at radius 1 is 1.06 bits per heavy atom. The number of hydrogen-bond donors (Lipinski definition) is 3. The third-order valence-corrected chi connectivity index (χ3v) is 5.51. The van der Waals surface area contributed by atoms with Crippen molar-refractivity contribution in [3.63, 3.8) is 0 Å². The molecular weight excluding hydrogens is 435 g/mol. The van der Waals surface area contributed by atoms with Gasteiger partial charge in [0.05, 0.1) is 24.9 Å². The van der Waals surface area contributed by atoms with Crippen LogP contribution in [0.2, 0.25) is 0 Å². The molecule has 1 aliphatic rings. The molecule has 4 rings (SSSR count). The Labute approximate surface area is 195 Å². The fraction of sp³-hybridized carbons (Fsp3) is 0.154. The summed E-state index contributed by atoms with van der Waals surface area (Å²) < 4.78 is 13.3. The van der Waals surface area contributed by atoms with E-state index in [0.29, 0.717) is 24.2 Å². The van der Waals surface area contributed by atoms with Gasteiger partial charge < -0.3 is 16.2 Å². The Balaban J connectivity index is 1.65. The lowest BCUT2D eigenvalue weighted by atomic mass is 9.94. The van der Waals surface area contributed by atoms with Crippen LogP contribution in [0.4, 0.5) is 4.39 Å². The number of amides is 2. The first-order valence-electron chi connectivity index (χ1n) is 10.7. The molecular formula is C26H23FN4O3. The van der Waals surface area contributed by atoms with Crippen molar-refractivity contribution in [2.75, 3.05) is 13.2 Å². The van der Waals surface area contributed by atoms with Gasteiger partial charge in [0.2, 0.25) is 5.91 Å². The topological polar surface area (TPSA) is 118 Å². The molecule has 7 nitrogen and oxygen atoms in total. The van der Waals surface area contributed by atoms with E-state index in [2.05, 4.69) is 15.3 Å². The van der Waals surface area contributed by atoms with Crippen LogP contribution >= 0.6 is 0 Å². The second-order valence-electron chi connectivity index (χ2n) is 7.85. The summed E-state index contributed by atoms with van der Waals surface area (Å²) in [5, 5.41) is 12.6. The Morgan fingerprint density at radius 2 is 1.82 bits per heavy atom. The monoisotopic (exact) mass is 458 g/mol. The summed E-state index contributed by atoms with van der Waals surface area (Å²) in [6.07, 6.45) is 3.75. The first-order chi connectivity index (χ1) is 16.5. The minimum atomic E-state index is -0.692. The van der Waals surface area contributed by atoms with Gasteiger partial charge in [-0.25, -0.2) is 4.39 Å². The summed E-state index contributed by atoms with van der Waals surface area (Å²) >= 11 is 0. The molecule has 0 bridgehead atoms. The first-order valence-corrected chi connectivity index (χ1v) is 10.7. The van der Waals surface area contributed by atoms with Gasteiger partial charge in [-0.1, -0.05) is 24.3 Å². The van der Waals surface area contributed by atoms with Gasteiger partial charge >= 0.3 is 0 Å². The average Bonchev–Trinajstić information content (AvgIpc) is 3.34. The minimum Gasteiger partial charge on any atom is -0.394 e. The van der Waals surface area contributed by atoms with Crippen molar-refractivity contribution in [2.24, 2.45) is 10.7 Å². The highest BCUT2D eigenvalue weighted by Crippen LogP contribution is 2.26. The standard InChI is InChI=1S/C26H23FN4O3/c27-18-9-7-16(8-10-18)17-12-23(30-14-17)24-21(25(28)33)5-3-6-22(24)26(34)31-20(15-32)13-19-4-1-2-11-29-19/h1-12,20,32H,13-15H2,(H2,28,33)(H,31,34)/t20-/m1/s1. The number of aliphatic hydroxyl groups excluding tert-OH is 1. The number of rotatable bonds is 8. The third kappa shape index (κ3) is 5.07. The second kappa shape index (κ2) is 10.2.